The van der Waals surface area contributed by atoms with Crippen molar-refractivity contribution in [3.05, 3.63) is 27.1 Å². The van der Waals surface area contributed by atoms with Crippen LogP contribution >= 0.6 is 22.8 Å². The maximum absolute atomic E-state index is 12.0. The molecule has 1 saturated heterocycles. The molecule has 0 amide bonds. The molecule has 1 aromatic rings. The van der Waals surface area contributed by atoms with Crippen molar-refractivity contribution >= 4 is 34.8 Å². The van der Waals surface area contributed by atoms with Crippen LogP contribution in [0.2, 0.25) is 0 Å². The lowest BCUT2D eigenvalue weighted by molar-refractivity contribution is -0.0395. The van der Waals surface area contributed by atoms with Crippen LogP contribution in [0.4, 0.5) is 5.69 Å². The number of nitrogen functional groups attached to an aromatic ring is 1. The molecular weight excluding hydrogens is 371 g/mol. The smallest absolute Gasteiger partial charge is 0.254 e. The minimum absolute atomic E-state index is 0.314. The molecule has 1 aromatic heterocycles. The molecule has 0 bridgehead atoms. The summed E-state index contributed by atoms with van der Waals surface area (Å²) in [6.07, 6.45) is 3.42. The van der Waals surface area contributed by atoms with Gasteiger partial charge in [0.05, 0.1) is 16.3 Å². The molecule has 6 nitrogen and oxygen atoms in total. The first-order valence-corrected chi connectivity index (χ1v) is 10.8. The first kappa shape index (κ1) is 17.8. The number of anilines is 1. The van der Waals surface area contributed by atoms with E-state index in [1.54, 1.807) is 0 Å². The molecule has 4 atom stereocenters. The number of rotatable bonds is 4. The largest absolute Gasteiger partial charge is 0.398 e. The van der Waals surface area contributed by atoms with Gasteiger partial charge in [0.1, 0.15) is 12.2 Å². The van der Waals surface area contributed by atoms with E-state index in [4.69, 9.17) is 10.5 Å². The summed E-state index contributed by atoms with van der Waals surface area (Å²) < 4.78 is 7.52. The number of aliphatic hydroxyl groups excluding tert-OH is 2. The van der Waals surface area contributed by atoms with Gasteiger partial charge in [-0.15, -0.1) is 13.2 Å². The Morgan fingerprint density at radius 2 is 2.09 bits per heavy atom. The lowest BCUT2D eigenvalue weighted by Gasteiger charge is -2.19. The Balaban J connectivity index is 2.22. The van der Waals surface area contributed by atoms with Crippen molar-refractivity contribution in [3.8, 4) is 0 Å². The normalized spacial score (nSPS) is 29.0. The van der Waals surface area contributed by atoms with Crippen molar-refractivity contribution < 1.29 is 14.9 Å². The third kappa shape index (κ3) is 3.84. The van der Waals surface area contributed by atoms with E-state index in [2.05, 4.69) is 35.6 Å². The van der Waals surface area contributed by atoms with Gasteiger partial charge in [0.15, 0.2) is 6.23 Å². The van der Waals surface area contributed by atoms with Crippen molar-refractivity contribution in [2.75, 3.05) is 25.2 Å². The van der Waals surface area contributed by atoms with Crippen molar-refractivity contribution in [1.82, 2.24) is 4.57 Å². The fraction of sp³-hybridized carbons (Fsp3) is 0.571. The van der Waals surface area contributed by atoms with E-state index in [0.717, 1.165) is 6.16 Å². The van der Waals surface area contributed by atoms with Gasteiger partial charge in [-0.1, -0.05) is 0 Å². The number of aromatic nitrogens is 1. The highest BCUT2D eigenvalue weighted by Gasteiger charge is 2.43. The molecule has 1 aliphatic rings. The topological polar surface area (TPSA) is 97.7 Å². The van der Waals surface area contributed by atoms with Crippen molar-refractivity contribution in [3.63, 3.8) is 0 Å². The zero-order chi connectivity index (χ0) is 16.7. The van der Waals surface area contributed by atoms with E-state index in [0.29, 0.717) is 16.6 Å². The molecule has 2 heterocycles. The van der Waals surface area contributed by atoms with Crippen LogP contribution in [0.1, 0.15) is 12.6 Å². The van der Waals surface area contributed by atoms with E-state index in [1.807, 2.05) is 0 Å². The van der Waals surface area contributed by atoms with E-state index < -0.39 is 31.4 Å². The Bertz CT molecular complexity index is 657. The molecule has 0 saturated carbocycles. The molecule has 0 spiro atoms. The zero-order valence-electron chi connectivity index (χ0n) is 12.6. The number of nitrogens with two attached hydrogens (primary N) is 1. The predicted molar refractivity (Wildman–Crippen MR) is 94.1 cm³/mol. The van der Waals surface area contributed by atoms with Gasteiger partial charge < -0.3 is 20.7 Å². The Hall–Kier alpha value is -0.590. The van der Waals surface area contributed by atoms with Crippen molar-refractivity contribution in [2.24, 2.45) is 0 Å². The van der Waals surface area contributed by atoms with Crippen LogP contribution in [-0.4, -0.2) is 58.9 Å². The minimum Gasteiger partial charge on any atom is -0.398 e. The molecule has 1 aliphatic heterocycles. The summed E-state index contributed by atoms with van der Waals surface area (Å²) in [4.78, 5) is 12.0. The predicted octanol–water partition coefficient (Wildman–Crippen LogP) is 0.911. The van der Waals surface area contributed by atoms with Crippen LogP contribution in [-0.2, 0) is 4.74 Å². The average molecular weight is 393 g/mol. The van der Waals surface area contributed by atoms with Gasteiger partial charge in [0.25, 0.3) is 5.56 Å². The summed E-state index contributed by atoms with van der Waals surface area (Å²) in [6, 6.07) is 1.25. The van der Waals surface area contributed by atoms with Crippen LogP contribution in [0, 0.1) is 0 Å². The number of ether oxygens (including phenoxy) is 1. The summed E-state index contributed by atoms with van der Waals surface area (Å²) >= 11 is 3.25. The number of aliphatic hydroxyl groups is 2. The molecule has 0 aliphatic carbocycles. The van der Waals surface area contributed by atoms with Gasteiger partial charge in [0, 0.05) is 12.3 Å². The molecule has 0 aromatic carbocycles. The summed E-state index contributed by atoms with van der Waals surface area (Å²) in [6.45, 7) is 2.96. The SMILES string of the molecule is C=P(C)(C)CC[C@H]1O[C@@H](n2cc(Br)c(N)cc2=O)[C@H](O)[C@@H]1O. The highest BCUT2D eigenvalue weighted by atomic mass is 79.9. The average Bonchev–Trinajstić information content (AvgIpc) is 2.68. The van der Waals surface area contributed by atoms with Gasteiger partial charge >= 0.3 is 0 Å². The molecule has 4 N–H and O–H groups in total. The first-order chi connectivity index (χ1) is 10.1. The second-order valence-corrected chi connectivity index (χ2v) is 11.5. The standard InChI is InChI=1S/C14H22BrN2O4P/c1-22(2,3)5-4-10-12(19)13(20)14(21-10)17-7-8(15)9(16)6-11(17)18/h6-7,10,12-14,19-20H,1,4-5,16H2,2-3H3/t10-,12-,13-,14-/m1/s1. The van der Waals surface area contributed by atoms with E-state index in [-0.39, 0.29) is 5.56 Å². The summed E-state index contributed by atoms with van der Waals surface area (Å²) in [5, 5.41) is 20.4. The molecule has 0 radical (unpaired) electrons. The van der Waals surface area contributed by atoms with Crippen LogP contribution < -0.4 is 11.3 Å². The summed E-state index contributed by atoms with van der Waals surface area (Å²) in [5.74, 6) is 0. The van der Waals surface area contributed by atoms with Crippen LogP contribution in [0.3, 0.4) is 0 Å². The summed E-state index contributed by atoms with van der Waals surface area (Å²) in [7, 11) is 0. The number of nitrogens with zero attached hydrogens (tertiary/aromatic N) is 1. The Kier molecular flexibility index (Phi) is 5.24. The van der Waals surface area contributed by atoms with Gasteiger partial charge in [0.2, 0.25) is 0 Å². The van der Waals surface area contributed by atoms with Gasteiger partial charge in [-0.3, -0.25) is 9.36 Å². The number of hydrogen-bond acceptors (Lipinski definition) is 5. The van der Waals surface area contributed by atoms with Crippen molar-refractivity contribution in [2.45, 2.75) is 31.0 Å². The minimum atomic E-state index is -1.25. The highest BCUT2D eigenvalue weighted by molar-refractivity contribution is 9.10. The second-order valence-electron chi connectivity index (χ2n) is 6.32. The molecule has 22 heavy (non-hydrogen) atoms. The lowest BCUT2D eigenvalue weighted by atomic mass is 10.1. The number of pyridine rings is 1. The van der Waals surface area contributed by atoms with Crippen LogP contribution in [0.15, 0.2) is 21.5 Å². The Labute approximate surface area is 138 Å². The summed E-state index contributed by atoms with van der Waals surface area (Å²) in [5.41, 5.74) is 5.58. The molecule has 0 unspecified atom stereocenters. The van der Waals surface area contributed by atoms with Gasteiger partial charge in [-0.2, -0.15) is 0 Å². The molecule has 124 valence electrons. The number of halogens is 1. The van der Waals surface area contributed by atoms with Gasteiger partial charge in [-0.25, -0.2) is 0 Å². The van der Waals surface area contributed by atoms with E-state index in [1.165, 1.54) is 16.8 Å². The quantitative estimate of drug-likeness (QED) is 0.661. The lowest BCUT2D eigenvalue weighted by Crippen LogP contribution is -2.34. The van der Waals surface area contributed by atoms with E-state index in [9.17, 15) is 15.0 Å². The monoisotopic (exact) mass is 392 g/mol. The Morgan fingerprint density at radius 1 is 1.45 bits per heavy atom. The fourth-order valence-corrected chi connectivity index (χ4v) is 3.70. The molecule has 2 rings (SSSR count). The fourth-order valence-electron chi connectivity index (χ4n) is 2.41. The van der Waals surface area contributed by atoms with Crippen LogP contribution in [0.5, 0.6) is 0 Å². The Morgan fingerprint density at radius 3 is 2.68 bits per heavy atom. The van der Waals surface area contributed by atoms with Gasteiger partial charge in [-0.05, 0) is 41.8 Å². The third-order valence-electron chi connectivity index (χ3n) is 3.69. The first-order valence-electron chi connectivity index (χ1n) is 6.96. The van der Waals surface area contributed by atoms with Crippen LogP contribution in [0.25, 0.3) is 0 Å². The van der Waals surface area contributed by atoms with E-state index >= 15 is 0 Å². The zero-order valence-corrected chi connectivity index (χ0v) is 15.1. The third-order valence-corrected chi connectivity index (χ3v) is 5.82. The second kappa shape index (κ2) is 6.49. The highest BCUT2D eigenvalue weighted by Crippen LogP contribution is 2.39. The number of hydrogen-bond donors (Lipinski definition) is 3. The maximum Gasteiger partial charge on any atom is 0.254 e. The maximum atomic E-state index is 12.0. The van der Waals surface area contributed by atoms with Crippen molar-refractivity contribution in [1.29, 1.82) is 0 Å². The molecular formula is C14H22BrN2O4P. The molecule has 1 fully saturated rings. The molecule has 8 heteroatoms.